The molecule has 19 heavy (non-hydrogen) atoms. The molecule has 0 saturated heterocycles. The molecule has 1 heterocycles. The van der Waals surface area contributed by atoms with Gasteiger partial charge < -0.3 is 9.73 Å². The number of hydrogen-bond acceptors (Lipinski definition) is 2. The second kappa shape index (κ2) is 6.91. The standard InChI is InChI=1S/C14H13Br2NO2/c15-12(10-5-2-1-3-6-10)13(16)14(18)17-9-11-7-4-8-19-11/h1-8,12-13H,9H2,(H,17,18)/t12-,13+/m1/s1. The summed E-state index contributed by atoms with van der Waals surface area (Å²) in [6.07, 6.45) is 1.59. The van der Waals surface area contributed by atoms with E-state index in [1.165, 1.54) is 0 Å². The lowest BCUT2D eigenvalue weighted by molar-refractivity contribution is -0.120. The topological polar surface area (TPSA) is 42.2 Å². The van der Waals surface area contributed by atoms with E-state index in [0.717, 1.165) is 11.3 Å². The van der Waals surface area contributed by atoms with Crippen molar-refractivity contribution < 1.29 is 9.21 Å². The van der Waals surface area contributed by atoms with Gasteiger partial charge in [0.05, 0.1) is 17.6 Å². The summed E-state index contributed by atoms with van der Waals surface area (Å²) in [5.41, 5.74) is 1.05. The van der Waals surface area contributed by atoms with E-state index >= 15 is 0 Å². The lowest BCUT2D eigenvalue weighted by Gasteiger charge is -2.16. The number of carbonyl (C=O) groups is 1. The van der Waals surface area contributed by atoms with Crippen molar-refractivity contribution in [3.63, 3.8) is 0 Å². The van der Waals surface area contributed by atoms with Crippen molar-refractivity contribution in [1.29, 1.82) is 0 Å². The van der Waals surface area contributed by atoms with Gasteiger partial charge in [-0.1, -0.05) is 62.2 Å². The normalized spacial score (nSPS) is 13.8. The van der Waals surface area contributed by atoms with Crippen LogP contribution in [-0.4, -0.2) is 10.7 Å². The van der Waals surface area contributed by atoms with E-state index in [0.29, 0.717) is 6.54 Å². The van der Waals surface area contributed by atoms with Gasteiger partial charge in [-0.15, -0.1) is 0 Å². The van der Waals surface area contributed by atoms with Crippen LogP contribution in [0.5, 0.6) is 0 Å². The summed E-state index contributed by atoms with van der Waals surface area (Å²) in [6.45, 7) is 0.391. The first kappa shape index (κ1) is 14.3. The second-order valence-corrected chi connectivity index (χ2v) is 5.98. The summed E-state index contributed by atoms with van der Waals surface area (Å²) in [4.78, 5) is 11.6. The Bertz CT molecular complexity index is 514. The van der Waals surface area contributed by atoms with Crippen LogP contribution in [0, 0.1) is 0 Å². The van der Waals surface area contributed by atoms with E-state index in [-0.39, 0.29) is 15.6 Å². The maximum absolute atomic E-state index is 12.0. The minimum atomic E-state index is -0.343. The Morgan fingerprint density at radius 1 is 1.16 bits per heavy atom. The number of hydrogen-bond donors (Lipinski definition) is 1. The molecule has 0 bridgehead atoms. The van der Waals surface area contributed by atoms with Crippen LogP contribution in [0.4, 0.5) is 0 Å². The fourth-order valence-corrected chi connectivity index (χ4v) is 2.64. The molecule has 2 aromatic rings. The summed E-state index contributed by atoms with van der Waals surface area (Å²) in [5.74, 6) is 0.654. The number of alkyl halides is 2. The maximum atomic E-state index is 12.0. The molecule has 0 aliphatic rings. The molecule has 2 atom stereocenters. The van der Waals surface area contributed by atoms with Gasteiger partial charge in [0, 0.05) is 0 Å². The largest absolute Gasteiger partial charge is 0.467 e. The number of furan rings is 1. The van der Waals surface area contributed by atoms with Crippen LogP contribution in [0.2, 0.25) is 0 Å². The number of amides is 1. The summed E-state index contributed by atoms with van der Waals surface area (Å²) in [7, 11) is 0. The van der Waals surface area contributed by atoms with E-state index in [1.807, 2.05) is 36.4 Å². The van der Waals surface area contributed by atoms with Gasteiger partial charge in [0.15, 0.2) is 0 Å². The summed E-state index contributed by atoms with van der Waals surface area (Å²) in [5, 5.41) is 2.83. The third-order valence-corrected chi connectivity index (χ3v) is 5.35. The predicted octanol–water partition coefficient (Wildman–Crippen LogP) is 3.80. The Morgan fingerprint density at radius 3 is 2.53 bits per heavy atom. The molecule has 1 amide bonds. The third kappa shape index (κ3) is 3.94. The van der Waals surface area contributed by atoms with Gasteiger partial charge >= 0.3 is 0 Å². The fraction of sp³-hybridized carbons (Fsp3) is 0.214. The smallest absolute Gasteiger partial charge is 0.235 e. The van der Waals surface area contributed by atoms with Gasteiger partial charge in [-0.2, -0.15) is 0 Å². The van der Waals surface area contributed by atoms with Crippen LogP contribution < -0.4 is 5.32 Å². The molecule has 1 aromatic carbocycles. The molecule has 0 aliphatic heterocycles. The molecule has 1 N–H and O–H groups in total. The minimum Gasteiger partial charge on any atom is -0.467 e. The molecule has 0 fully saturated rings. The van der Waals surface area contributed by atoms with Crippen LogP contribution in [0.3, 0.4) is 0 Å². The fourth-order valence-electron chi connectivity index (χ4n) is 1.62. The molecule has 5 heteroatoms. The van der Waals surface area contributed by atoms with Crippen LogP contribution in [0.1, 0.15) is 16.2 Å². The first-order valence-electron chi connectivity index (χ1n) is 5.81. The van der Waals surface area contributed by atoms with Crippen molar-refractivity contribution in [2.75, 3.05) is 0 Å². The van der Waals surface area contributed by atoms with Gasteiger partial charge in [-0.25, -0.2) is 0 Å². The number of rotatable bonds is 5. The molecule has 2 rings (SSSR count). The Kier molecular flexibility index (Phi) is 5.22. The van der Waals surface area contributed by atoms with Gasteiger partial charge in [-0.05, 0) is 17.7 Å². The SMILES string of the molecule is O=C(NCc1ccco1)[C@@H](Br)[C@H](Br)c1ccccc1. The van der Waals surface area contributed by atoms with Crippen molar-refractivity contribution in [1.82, 2.24) is 5.32 Å². The molecule has 0 saturated carbocycles. The van der Waals surface area contributed by atoms with Gasteiger partial charge in [-0.3, -0.25) is 4.79 Å². The Morgan fingerprint density at radius 2 is 1.89 bits per heavy atom. The van der Waals surface area contributed by atoms with Gasteiger partial charge in [0.1, 0.15) is 10.6 Å². The van der Waals surface area contributed by atoms with E-state index in [1.54, 1.807) is 12.3 Å². The summed E-state index contributed by atoms with van der Waals surface area (Å²) >= 11 is 6.96. The van der Waals surface area contributed by atoms with Crippen molar-refractivity contribution >= 4 is 37.8 Å². The van der Waals surface area contributed by atoms with Crippen LogP contribution in [0.25, 0.3) is 0 Å². The molecule has 1 aromatic heterocycles. The first-order valence-corrected chi connectivity index (χ1v) is 7.65. The average Bonchev–Trinajstić information content (AvgIpc) is 2.97. The van der Waals surface area contributed by atoms with Crippen LogP contribution in [0.15, 0.2) is 53.1 Å². The average molecular weight is 387 g/mol. The van der Waals surface area contributed by atoms with Crippen LogP contribution in [-0.2, 0) is 11.3 Å². The number of halogens is 2. The zero-order valence-corrected chi connectivity index (χ0v) is 13.2. The molecular weight excluding hydrogens is 374 g/mol. The Balaban J connectivity index is 1.91. The Labute approximate surface area is 128 Å². The van der Waals surface area contributed by atoms with Crippen LogP contribution >= 0.6 is 31.9 Å². The number of carbonyl (C=O) groups excluding carboxylic acids is 1. The highest BCUT2D eigenvalue weighted by Gasteiger charge is 2.24. The maximum Gasteiger partial charge on any atom is 0.235 e. The summed E-state index contributed by atoms with van der Waals surface area (Å²) in [6, 6.07) is 13.4. The van der Waals surface area contributed by atoms with E-state index in [4.69, 9.17) is 4.42 Å². The molecule has 0 spiro atoms. The highest BCUT2D eigenvalue weighted by molar-refractivity contribution is 9.12. The molecular formula is C14H13Br2NO2. The monoisotopic (exact) mass is 385 g/mol. The summed E-state index contributed by atoms with van der Waals surface area (Å²) < 4.78 is 5.17. The van der Waals surface area contributed by atoms with Gasteiger partial charge in [0.25, 0.3) is 0 Å². The van der Waals surface area contributed by atoms with Crippen molar-refractivity contribution in [2.45, 2.75) is 16.2 Å². The lowest BCUT2D eigenvalue weighted by Crippen LogP contribution is -2.32. The molecule has 0 radical (unpaired) electrons. The highest BCUT2D eigenvalue weighted by Crippen LogP contribution is 2.31. The molecule has 0 aliphatic carbocycles. The number of nitrogens with one attached hydrogen (secondary N) is 1. The van der Waals surface area contributed by atoms with Gasteiger partial charge in [0.2, 0.25) is 5.91 Å². The lowest BCUT2D eigenvalue weighted by atomic mass is 10.1. The molecule has 0 unspecified atom stereocenters. The second-order valence-electron chi connectivity index (χ2n) is 4.01. The van der Waals surface area contributed by atoms with E-state index < -0.39 is 0 Å². The molecule has 3 nitrogen and oxygen atoms in total. The third-order valence-electron chi connectivity index (χ3n) is 2.64. The highest BCUT2D eigenvalue weighted by atomic mass is 79.9. The minimum absolute atomic E-state index is 0.0784. The first-order chi connectivity index (χ1) is 9.18. The van der Waals surface area contributed by atoms with E-state index in [2.05, 4.69) is 37.2 Å². The Hall–Kier alpha value is -1.07. The van der Waals surface area contributed by atoms with Crippen molar-refractivity contribution in [3.05, 3.63) is 60.1 Å². The molecule has 100 valence electrons. The zero-order chi connectivity index (χ0) is 13.7. The predicted molar refractivity (Wildman–Crippen MR) is 81.4 cm³/mol. The zero-order valence-electron chi connectivity index (χ0n) is 10.1. The number of benzene rings is 1. The van der Waals surface area contributed by atoms with Crippen molar-refractivity contribution in [2.24, 2.45) is 0 Å². The quantitative estimate of drug-likeness (QED) is 0.794. The van der Waals surface area contributed by atoms with Crippen molar-refractivity contribution in [3.8, 4) is 0 Å². The van der Waals surface area contributed by atoms with E-state index in [9.17, 15) is 4.79 Å².